The largest absolute Gasteiger partial charge is 0.423 e. The Balaban J connectivity index is 1.55. The van der Waals surface area contributed by atoms with Crippen LogP contribution in [0.1, 0.15) is 30.9 Å². The lowest BCUT2D eigenvalue weighted by molar-refractivity contribution is -0.138. The summed E-state index contributed by atoms with van der Waals surface area (Å²) < 4.78 is 111. The normalized spacial score (nSPS) is 13.6. The number of H-pyrrole nitrogens is 1. The zero-order chi connectivity index (χ0) is 29.4. The van der Waals surface area contributed by atoms with E-state index in [2.05, 4.69) is 20.4 Å². The molecule has 0 saturated heterocycles. The number of nitrogens with zero attached hydrogens (tertiary/aromatic N) is 4. The molecule has 3 heterocycles. The second kappa shape index (κ2) is 11.0. The zero-order valence-electron chi connectivity index (χ0n) is 20.2. The fraction of sp³-hybridized carbons (Fsp3) is 0.292. The van der Waals surface area contributed by atoms with E-state index in [1.165, 1.54) is 13.0 Å². The number of hydrogen-bond donors (Lipinski definition) is 2. The van der Waals surface area contributed by atoms with E-state index in [4.69, 9.17) is 0 Å². The highest BCUT2D eigenvalue weighted by Gasteiger charge is 2.37. The zero-order valence-corrected chi connectivity index (χ0v) is 20.2. The number of halogens is 8. The maximum absolute atomic E-state index is 15.0. The molecule has 2 atom stereocenters. The van der Waals surface area contributed by atoms with E-state index in [1.807, 2.05) is 0 Å². The highest BCUT2D eigenvalue weighted by atomic mass is 19.4. The third-order valence-electron chi connectivity index (χ3n) is 5.86. The van der Waals surface area contributed by atoms with Crippen LogP contribution < -0.4 is 16.4 Å². The van der Waals surface area contributed by atoms with Crippen molar-refractivity contribution in [1.29, 1.82) is 0 Å². The number of benzene rings is 1. The smallest absolute Gasteiger partial charge is 0.381 e. The molecule has 0 aliphatic rings. The predicted molar refractivity (Wildman–Crippen MR) is 127 cm³/mol. The Morgan fingerprint density at radius 2 is 1.73 bits per heavy atom. The number of nitrogens with one attached hydrogen (secondary N) is 2. The van der Waals surface area contributed by atoms with Gasteiger partial charge in [0.25, 0.3) is 17.5 Å². The minimum absolute atomic E-state index is 0.0939. The second-order valence-electron chi connectivity index (χ2n) is 8.79. The van der Waals surface area contributed by atoms with Gasteiger partial charge < -0.3 is 9.88 Å². The van der Waals surface area contributed by atoms with Gasteiger partial charge in [-0.15, -0.1) is 0 Å². The fourth-order valence-electron chi connectivity index (χ4n) is 4.06. The number of fused-ring (bicyclic) bond motifs is 1. The fourth-order valence-corrected chi connectivity index (χ4v) is 4.06. The molecule has 0 aliphatic heterocycles. The van der Waals surface area contributed by atoms with Gasteiger partial charge in [-0.1, -0.05) is 0 Å². The first kappa shape index (κ1) is 28.6. The van der Waals surface area contributed by atoms with Crippen LogP contribution in [-0.2, 0) is 12.7 Å². The van der Waals surface area contributed by atoms with Crippen molar-refractivity contribution in [2.24, 2.45) is 0 Å². The summed E-state index contributed by atoms with van der Waals surface area (Å²) >= 11 is 0. The minimum Gasteiger partial charge on any atom is -0.381 e. The van der Waals surface area contributed by atoms with Gasteiger partial charge >= 0.3 is 6.18 Å². The molecule has 16 heteroatoms. The van der Waals surface area contributed by atoms with Crippen molar-refractivity contribution in [3.63, 3.8) is 0 Å². The van der Waals surface area contributed by atoms with E-state index in [9.17, 15) is 44.7 Å². The summed E-state index contributed by atoms with van der Waals surface area (Å²) in [5.74, 6) is -3.50. The summed E-state index contributed by atoms with van der Waals surface area (Å²) in [5.41, 5.74) is -5.80. The van der Waals surface area contributed by atoms with E-state index >= 15 is 0 Å². The molecule has 40 heavy (non-hydrogen) atoms. The van der Waals surface area contributed by atoms with Gasteiger partial charge in [0.2, 0.25) is 0 Å². The summed E-state index contributed by atoms with van der Waals surface area (Å²) in [4.78, 5) is 31.7. The van der Waals surface area contributed by atoms with Crippen LogP contribution in [0.5, 0.6) is 0 Å². The number of pyridine rings is 1. The van der Waals surface area contributed by atoms with Crippen LogP contribution in [-0.4, -0.2) is 36.9 Å². The van der Waals surface area contributed by atoms with Crippen LogP contribution in [0, 0.1) is 11.6 Å². The average molecular weight is 574 g/mol. The number of alkyl halides is 6. The van der Waals surface area contributed by atoms with E-state index in [1.54, 1.807) is 5.10 Å². The van der Waals surface area contributed by atoms with Crippen molar-refractivity contribution < 1.29 is 35.1 Å². The number of hydrogen-bond acceptors (Lipinski definition) is 6. The molecule has 0 unspecified atom stereocenters. The van der Waals surface area contributed by atoms with Crippen LogP contribution in [0.15, 0.2) is 46.5 Å². The number of aromatic amines is 1. The first-order chi connectivity index (χ1) is 18.8. The van der Waals surface area contributed by atoms with Gasteiger partial charge in [0.1, 0.15) is 11.7 Å². The number of anilines is 1. The Hall–Kier alpha value is -4.37. The molecule has 1 aromatic carbocycles. The lowest BCUT2D eigenvalue weighted by atomic mass is 10.1. The van der Waals surface area contributed by atoms with Crippen LogP contribution in [0.25, 0.3) is 22.2 Å². The summed E-state index contributed by atoms with van der Waals surface area (Å²) in [5, 5.41) is 6.55. The van der Waals surface area contributed by atoms with Gasteiger partial charge in [0.05, 0.1) is 34.9 Å². The Labute approximate surface area is 218 Å². The van der Waals surface area contributed by atoms with Crippen LogP contribution in [0.2, 0.25) is 0 Å². The Bertz CT molecular complexity index is 1650. The highest BCUT2D eigenvalue weighted by molar-refractivity contribution is 5.86. The molecule has 0 amide bonds. The van der Waals surface area contributed by atoms with Crippen LogP contribution >= 0.6 is 0 Å². The Morgan fingerprint density at radius 1 is 1.05 bits per heavy atom. The Kier molecular flexibility index (Phi) is 7.88. The number of aromatic nitrogens is 5. The molecule has 4 aromatic rings. The molecule has 212 valence electrons. The molecule has 0 fully saturated rings. The molecule has 0 bridgehead atoms. The van der Waals surface area contributed by atoms with Crippen LogP contribution in [0.4, 0.5) is 40.8 Å². The van der Waals surface area contributed by atoms with Crippen molar-refractivity contribution in [3.8, 4) is 11.4 Å². The molecule has 0 radical (unpaired) electrons. The van der Waals surface area contributed by atoms with Gasteiger partial charge in [0, 0.05) is 31.1 Å². The van der Waals surface area contributed by atoms with Gasteiger partial charge in [-0.3, -0.25) is 9.59 Å². The maximum atomic E-state index is 15.0. The van der Waals surface area contributed by atoms with Crippen LogP contribution in [0.3, 0.4) is 0 Å². The molecule has 0 saturated carbocycles. The molecule has 4 rings (SSSR count). The second-order valence-corrected chi connectivity index (χ2v) is 8.79. The molecular formula is C24H18F8N6O2. The van der Waals surface area contributed by atoms with Gasteiger partial charge in [-0.05, 0) is 24.4 Å². The highest BCUT2D eigenvalue weighted by Crippen LogP contribution is 2.32. The number of rotatable bonds is 8. The molecular weight excluding hydrogens is 556 g/mol. The van der Waals surface area contributed by atoms with E-state index in [0.29, 0.717) is 0 Å². The lowest BCUT2D eigenvalue weighted by Crippen LogP contribution is -2.30. The summed E-state index contributed by atoms with van der Waals surface area (Å²) in [6, 6.07) is 1.27. The van der Waals surface area contributed by atoms with Gasteiger partial charge in [0.15, 0.2) is 17.5 Å². The van der Waals surface area contributed by atoms with Crippen molar-refractivity contribution in [2.45, 2.75) is 44.7 Å². The van der Waals surface area contributed by atoms with E-state index in [0.717, 1.165) is 35.4 Å². The third-order valence-corrected chi connectivity index (χ3v) is 5.86. The standard InChI is InChI=1S/C24H18F8N6O2/c1-10(36-15-8-35-37-22(39)17(15)24(30,31)32)4-13(25)9-38-3-2-11-5-14(18(26)19(27)16(11)23(38)40)21-33-6-12(7-34-21)20(28)29/h2-3,5-8,10,13,20H,4,9H2,1H3,(H2,36,37,39)/t10-,13+/m1/s1. The molecule has 2 N–H and O–H groups in total. The van der Waals surface area contributed by atoms with E-state index in [-0.39, 0.29) is 5.39 Å². The third kappa shape index (κ3) is 5.79. The molecule has 0 spiro atoms. The molecule has 3 aromatic heterocycles. The Morgan fingerprint density at radius 3 is 2.35 bits per heavy atom. The minimum atomic E-state index is -5.01. The van der Waals surface area contributed by atoms with Gasteiger partial charge in [-0.25, -0.2) is 37.0 Å². The quantitative estimate of drug-likeness (QED) is 0.287. The first-order valence-electron chi connectivity index (χ1n) is 11.4. The topological polar surface area (TPSA) is 106 Å². The monoisotopic (exact) mass is 574 g/mol. The van der Waals surface area contributed by atoms with Crippen molar-refractivity contribution in [2.75, 3.05) is 5.32 Å². The van der Waals surface area contributed by atoms with Crippen molar-refractivity contribution >= 4 is 16.5 Å². The summed E-state index contributed by atoms with van der Waals surface area (Å²) in [6.45, 7) is 0.686. The lowest BCUT2D eigenvalue weighted by Gasteiger charge is -2.20. The van der Waals surface area contributed by atoms with E-state index < -0.39 is 94.1 Å². The maximum Gasteiger partial charge on any atom is 0.423 e. The SMILES string of the molecule is C[C@H](C[C@H](F)Cn1ccc2cc(-c3ncc(C(F)F)cn3)c(F)c(F)c2c1=O)Nc1cn[nH]c(=O)c1C(F)(F)F. The van der Waals surface area contributed by atoms with Crippen molar-refractivity contribution in [1.82, 2.24) is 24.7 Å². The average Bonchev–Trinajstić information content (AvgIpc) is 2.86. The predicted octanol–water partition coefficient (Wildman–Crippen LogP) is 5.01. The molecule has 8 nitrogen and oxygen atoms in total. The molecule has 0 aliphatic carbocycles. The summed E-state index contributed by atoms with van der Waals surface area (Å²) in [6.07, 6.45) is -6.81. The summed E-state index contributed by atoms with van der Waals surface area (Å²) in [7, 11) is 0. The first-order valence-corrected chi connectivity index (χ1v) is 11.4. The van der Waals surface area contributed by atoms with Crippen molar-refractivity contribution in [3.05, 3.63) is 80.4 Å². The van der Waals surface area contributed by atoms with Gasteiger partial charge in [-0.2, -0.15) is 18.3 Å².